The minimum Gasteiger partial charge on any atom is -0.296 e. The summed E-state index contributed by atoms with van der Waals surface area (Å²) < 4.78 is 0. The maximum atomic E-state index is 12.0. The van der Waals surface area contributed by atoms with Gasteiger partial charge < -0.3 is 0 Å². The molecule has 1 aliphatic heterocycles. The van der Waals surface area contributed by atoms with Gasteiger partial charge in [-0.25, -0.2) is 0 Å². The highest BCUT2D eigenvalue weighted by Gasteiger charge is 2.37. The van der Waals surface area contributed by atoms with Crippen molar-refractivity contribution in [2.75, 3.05) is 0 Å². The number of hydrogen-bond acceptors (Lipinski definition) is 2. The Kier molecular flexibility index (Phi) is 4.48. The van der Waals surface area contributed by atoms with E-state index < -0.39 is 0 Å². The van der Waals surface area contributed by atoms with Gasteiger partial charge in [0.05, 0.1) is 10.0 Å². The van der Waals surface area contributed by atoms with Crippen molar-refractivity contribution in [3.8, 4) is 0 Å². The van der Waals surface area contributed by atoms with Crippen LogP contribution in [0.15, 0.2) is 18.2 Å². The smallest absolute Gasteiger partial charge is 0.230 e. The summed E-state index contributed by atoms with van der Waals surface area (Å²) in [4.78, 5) is 23.6. The molecule has 2 atom stereocenters. The molecule has 1 heterocycles. The van der Waals surface area contributed by atoms with Crippen molar-refractivity contribution >= 4 is 35.0 Å². The van der Waals surface area contributed by atoms with Gasteiger partial charge in [0.15, 0.2) is 0 Å². The van der Waals surface area contributed by atoms with E-state index in [1.807, 2.05) is 13.0 Å². The summed E-state index contributed by atoms with van der Waals surface area (Å²) in [5, 5.41) is 3.29. The third kappa shape index (κ3) is 2.93. The van der Waals surface area contributed by atoms with Gasteiger partial charge in [0.1, 0.15) is 0 Å². The van der Waals surface area contributed by atoms with Crippen molar-refractivity contribution in [1.29, 1.82) is 0 Å². The van der Waals surface area contributed by atoms with Crippen molar-refractivity contribution in [1.82, 2.24) is 5.32 Å². The molecule has 0 saturated carbocycles. The normalized spacial score (nSPS) is 23.3. The second-order valence-corrected chi connectivity index (χ2v) is 5.55. The maximum absolute atomic E-state index is 12.0. The zero-order chi connectivity index (χ0) is 14.0. The third-order valence-electron chi connectivity index (χ3n) is 3.47. The Morgan fingerprint density at radius 3 is 2.74 bits per heavy atom. The number of imide groups is 1. The molecule has 0 radical (unpaired) electrons. The van der Waals surface area contributed by atoms with Gasteiger partial charge in [-0.3, -0.25) is 14.9 Å². The molecule has 1 fully saturated rings. The fourth-order valence-corrected chi connectivity index (χ4v) is 3.03. The lowest BCUT2D eigenvalue weighted by Gasteiger charge is -2.30. The molecule has 3 nitrogen and oxygen atoms in total. The Bertz CT molecular complexity index is 516. The first kappa shape index (κ1) is 14.4. The molecule has 1 aromatic carbocycles. The highest BCUT2D eigenvalue weighted by Crippen LogP contribution is 2.39. The molecule has 1 aliphatic rings. The van der Waals surface area contributed by atoms with E-state index in [0.29, 0.717) is 10.0 Å². The Hall–Kier alpha value is -1.06. The maximum Gasteiger partial charge on any atom is 0.230 e. The van der Waals surface area contributed by atoms with Crippen LogP contribution in [-0.4, -0.2) is 11.8 Å². The molecular weight excluding hydrogens is 285 g/mol. The largest absolute Gasteiger partial charge is 0.296 e. The summed E-state index contributed by atoms with van der Waals surface area (Å²) in [5.41, 5.74) is 0.788. The number of benzene rings is 1. The average molecular weight is 300 g/mol. The Morgan fingerprint density at radius 2 is 2.05 bits per heavy atom. The van der Waals surface area contributed by atoms with E-state index in [-0.39, 0.29) is 30.1 Å². The van der Waals surface area contributed by atoms with Crippen LogP contribution in [0.1, 0.15) is 37.7 Å². The van der Waals surface area contributed by atoms with Gasteiger partial charge in [0.25, 0.3) is 0 Å². The Balaban J connectivity index is 2.40. The Morgan fingerprint density at radius 1 is 1.32 bits per heavy atom. The first-order chi connectivity index (χ1) is 9.04. The lowest BCUT2D eigenvalue weighted by molar-refractivity contribution is -0.137. The van der Waals surface area contributed by atoms with Crippen LogP contribution in [0.3, 0.4) is 0 Å². The molecule has 1 saturated heterocycles. The molecule has 0 aromatic heterocycles. The molecule has 5 heteroatoms. The molecule has 1 aromatic rings. The van der Waals surface area contributed by atoms with Crippen molar-refractivity contribution in [3.63, 3.8) is 0 Å². The zero-order valence-corrected chi connectivity index (χ0v) is 12.1. The van der Waals surface area contributed by atoms with Crippen LogP contribution in [0.2, 0.25) is 10.0 Å². The molecule has 2 amide bonds. The van der Waals surface area contributed by atoms with Crippen molar-refractivity contribution < 1.29 is 9.59 Å². The van der Waals surface area contributed by atoms with Crippen molar-refractivity contribution in [2.24, 2.45) is 5.92 Å². The first-order valence-corrected chi connectivity index (χ1v) is 7.07. The predicted octanol–water partition coefficient (Wildman–Crippen LogP) is 3.54. The molecule has 0 bridgehead atoms. The summed E-state index contributed by atoms with van der Waals surface area (Å²) in [5.74, 6) is -0.872. The van der Waals surface area contributed by atoms with E-state index >= 15 is 0 Å². The molecule has 0 aliphatic carbocycles. The number of halogens is 2. The number of carbonyl (C=O) groups excluding carboxylic acids is 2. The van der Waals surface area contributed by atoms with Crippen LogP contribution in [0, 0.1) is 5.92 Å². The molecule has 19 heavy (non-hydrogen) atoms. The van der Waals surface area contributed by atoms with Crippen LogP contribution in [0.25, 0.3) is 0 Å². The lowest BCUT2D eigenvalue weighted by Crippen LogP contribution is -2.44. The van der Waals surface area contributed by atoms with E-state index in [4.69, 9.17) is 23.2 Å². The average Bonchev–Trinajstić information content (AvgIpc) is 2.36. The summed E-state index contributed by atoms with van der Waals surface area (Å²) in [7, 11) is 0. The van der Waals surface area contributed by atoms with Gasteiger partial charge >= 0.3 is 0 Å². The SMILES string of the molecule is CCCC1C(=O)NC(=O)CC1c1cccc(Cl)c1Cl. The topological polar surface area (TPSA) is 46.2 Å². The number of rotatable bonds is 3. The van der Waals surface area contributed by atoms with Gasteiger partial charge in [0.2, 0.25) is 11.8 Å². The van der Waals surface area contributed by atoms with E-state index in [1.54, 1.807) is 12.1 Å². The van der Waals surface area contributed by atoms with Crippen molar-refractivity contribution in [2.45, 2.75) is 32.1 Å². The summed E-state index contributed by atoms with van der Waals surface area (Å²) in [6.45, 7) is 2.01. The van der Waals surface area contributed by atoms with Gasteiger partial charge in [0, 0.05) is 18.3 Å². The standard InChI is InChI=1S/C14H15Cl2NO2/c1-2-4-9-10(7-12(18)17-14(9)19)8-5-3-6-11(15)13(8)16/h3,5-6,9-10H,2,4,7H2,1H3,(H,17,18,19). The quantitative estimate of drug-likeness (QED) is 0.868. The molecule has 102 valence electrons. The van der Waals surface area contributed by atoms with Gasteiger partial charge in [-0.15, -0.1) is 0 Å². The predicted molar refractivity (Wildman–Crippen MR) is 75.4 cm³/mol. The molecule has 2 rings (SSSR count). The van der Waals surface area contributed by atoms with Gasteiger partial charge in [-0.2, -0.15) is 0 Å². The number of piperidine rings is 1. The Labute approximate surface area is 122 Å². The van der Waals surface area contributed by atoms with E-state index in [1.165, 1.54) is 0 Å². The second kappa shape index (κ2) is 5.93. The summed E-state index contributed by atoms with van der Waals surface area (Å²) in [6, 6.07) is 5.34. The monoisotopic (exact) mass is 299 g/mol. The number of amides is 2. The van der Waals surface area contributed by atoms with E-state index in [9.17, 15) is 9.59 Å². The number of nitrogens with one attached hydrogen (secondary N) is 1. The van der Waals surface area contributed by atoms with Crippen LogP contribution in [-0.2, 0) is 9.59 Å². The highest BCUT2D eigenvalue weighted by molar-refractivity contribution is 6.42. The van der Waals surface area contributed by atoms with Crippen LogP contribution in [0.5, 0.6) is 0 Å². The minimum absolute atomic E-state index is 0.188. The second-order valence-electron chi connectivity index (χ2n) is 4.76. The van der Waals surface area contributed by atoms with Crippen LogP contribution in [0.4, 0.5) is 0 Å². The van der Waals surface area contributed by atoms with E-state index in [0.717, 1.165) is 18.4 Å². The van der Waals surface area contributed by atoms with Gasteiger partial charge in [-0.05, 0) is 18.1 Å². The lowest BCUT2D eigenvalue weighted by atomic mass is 9.78. The fraction of sp³-hybridized carbons (Fsp3) is 0.429. The fourth-order valence-electron chi connectivity index (χ4n) is 2.58. The third-order valence-corrected chi connectivity index (χ3v) is 4.30. The molecule has 2 unspecified atom stereocenters. The number of carbonyl (C=O) groups is 2. The van der Waals surface area contributed by atoms with Crippen LogP contribution >= 0.6 is 23.2 Å². The van der Waals surface area contributed by atoms with Crippen molar-refractivity contribution in [3.05, 3.63) is 33.8 Å². The van der Waals surface area contributed by atoms with E-state index in [2.05, 4.69) is 5.32 Å². The summed E-state index contributed by atoms with van der Waals surface area (Å²) in [6.07, 6.45) is 1.88. The minimum atomic E-state index is -0.251. The molecular formula is C14H15Cl2NO2. The molecule has 1 N–H and O–H groups in total. The number of hydrogen-bond donors (Lipinski definition) is 1. The van der Waals surface area contributed by atoms with Crippen LogP contribution < -0.4 is 5.32 Å². The first-order valence-electron chi connectivity index (χ1n) is 6.32. The highest BCUT2D eigenvalue weighted by atomic mass is 35.5. The molecule has 0 spiro atoms. The zero-order valence-electron chi connectivity index (χ0n) is 10.6. The van der Waals surface area contributed by atoms with Gasteiger partial charge in [-0.1, -0.05) is 48.7 Å². The summed E-state index contributed by atoms with van der Waals surface area (Å²) >= 11 is 12.2.